The van der Waals surface area contributed by atoms with E-state index in [1.807, 2.05) is 0 Å². The van der Waals surface area contributed by atoms with Crippen molar-refractivity contribution in [2.75, 3.05) is 0 Å². The number of fused-ring (bicyclic) bond motifs is 1. The van der Waals surface area contributed by atoms with Crippen LogP contribution in [0.25, 0.3) is 10.9 Å². The van der Waals surface area contributed by atoms with Gasteiger partial charge in [0.25, 0.3) is 0 Å². The van der Waals surface area contributed by atoms with Crippen LogP contribution in [0.2, 0.25) is 0 Å². The van der Waals surface area contributed by atoms with Crippen molar-refractivity contribution in [1.82, 2.24) is 15.2 Å². The Bertz CT molecular complexity index is 665. The number of hydrogen-bond acceptors (Lipinski definition) is 5. The maximum Gasteiger partial charge on any atom is 0.493 e. The lowest BCUT2D eigenvalue weighted by molar-refractivity contribution is -0.202. The molecule has 0 spiro atoms. The van der Waals surface area contributed by atoms with E-state index in [1.54, 1.807) is 6.07 Å². The first-order chi connectivity index (χ1) is 8.39. The molecule has 0 radical (unpaired) electrons. The lowest BCUT2D eigenvalue weighted by Crippen LogP contribution is -2.40. The second-order valence-corrected chi connectivity index (χ2v) is 3.16. The molecule has 2 aromatic rings. The molecule has 1 aromatic carbocycles. The highest BCUT2D eigenvalue weighted by atomic mass is 19.4. The van der Waals surface area contributed by atoms with E-state index in [4.69, 9.17) is 0 Å². The summed E-state index contributed by atoms with van der Waals surface area (Å²) in [6.45, 7) is 0. The second-order valence-electron chi connectivity index (χ2n) is 3.16. The van der Waals surface area contributed by atoms with Crippen molar-refractivity contribution in [3.63, 3.8) is 0 Å². The summed E-state index contributed by atoms with van der Waals surface area (Å²) in [5, 5.41) is 6.50. The molecule has 94 valence electrons. The van der Waals surface area contributed by atoms with Gasteiger partial charge in [0.2, 0.25) is 0 Å². The molecule has 0 saturated carbocycles. The smallest absolute Gasteiger partial charge is 0.305 e. The Morgan fingerprint density at radius 2 is 1.94 bits per heavy atom. The average molecular weight is 259 g/mol. The molecule has 2 rings (SSSR count). The number of carbonyl (C=O) groups excluding carboxylic acids is 1. The van der Waals surface area contributed by atoms with Gasteiger partial charge >= 0.3 is 17.7 Å². The maximum absolute atomic E-state index is 11.9. The van der Waals surface area contributed by atoms with Crippen molar-refractivity contribution in [3.8, 4) is 0 Å². The SMILES string of the molecule is O=C(On1nnc2ccccc2c1=O)C(F)(F)F. The minimum absolute atomic E-state index is 0.0116. The summed E-state index contributed by atoms with van der Waals surface area (Å²) in [5.41, 5.74) is -0.819. The summed E-state index contributed by atoms with van der Waals surface area (Å²) in [7, 11) is 0. The van der Waals surface area contributed by atoms with Gasteiger partial charge in [-0.25, -0.2) is 4.79 Å². The number of benzene rings is 1. The summed E-state index contributed by atoms with van der Waals surface area (Å²) in [4.78, 5) is 25.8. The van der Waals surface area contributed by atoms with Crippen LogP contribution >= 0.6 is 0 Å². The van der Waals surface area contributed by atoms with Crippen LogP contribution in [0, 0.1) is 0 Å². The molecular weight excluding hydrogens is 255 g/mol. The zero-order valence-corrected chi connectivity index (χ0v) is 8.51. The fourth-order valence-electron chi connectivity index (χ4n) is 1.16. The van der Waals surface area contributed by atoms with Crippen LogP contribution in [-0.2, 0) is 4.79 Å². The summed E-state index contributed by atoms with van der Waals surface area (Å²) >= 11 is 0. The van der Waals surface area contributed by atoms with Crippen molar-refractivity contribution >= 4 is 16.9 Å². The van der Waals surface area contributed by atoms with Crippen LogP contribution < -0.4 is 10.4 Å². The van der Waals surface area contributed by atoms with Gasteiger partial charge in [-0.2, -0.15) is 13.2 Å². The molecule has 0 fully saturated rings. The van der Waals surface area contributed by atoms with Gasteiger partial charge in [0.1, 0.15) is 5.52 Å². The fourth-order valence-corrected chi connectivity index (χ4v) is 1.16. The standard InChI is InChI=1S/C9H4F3N3O3/c10-9(11,12)8(17)18-15-7(16)5-3-1-2-4-6(5)13-14-15/h1-4H. The Kier molecular flexibility index (Phi) is 2.73. The highest BCUT2D eigenvalue weighted by molar-refractivity contribution is 5.77. The van der Waals surface area contributed by atoms with Gasteiger partial charge in [-0.15, -0.1) is 5.10 Å². The number of rotatable bonds is 1. The summed E-state index contributed by atoms with van der Waals surface area (Å²) in [6.07, 6.45) is -5.22. The lowest BCUT2D eigenvalue weighted by atomic mass is 10.2. The largest absolute Gasteiger partial charge is 0.493 e. The van der Waals surface area contributed by atoms with Crippen molar-refractivity contribution in [1.29, 1.82) is 0 Å². The van der Waals surface area contributed by atoms with Gasteiger partial charge in [0.05, 0.1) is 5.39 Å². The number of carbonyl (C=O) groups is 1. The molecule has 1 heterocycles. The van der Waals surface area contributed by atoms with Crippen LogP contribution in [0.4, 0.5) is 13.2 Å². The van der Waals surface area contributed by atoms with Crippen LogP contribution in [0.1, 0.15) is 0 Å². The van der Waals surface area contributed by atoms with E-state index in [0.29, 0.717) is 0 Å². The Morgan fingerprint density at radius 1 is 1.28 bits per heavy atom. The van der Waals surface area contributed by atoms with E-state index in [9.17, 15) is 22.8 Å². The topological polar surface area (TPSA) is 74.1 Å². The zero-order chi connectivity index (χ0) is 13.3. The molecular formula is C9H4F3N3O3. The Morgan fingerprint density at radius 3 is 2.61 bits per heavy atom. The Balaban J connectivity index is 2.45. The lowest BCUT2D eigenvalue weighted by Gasteiger charge is -2.06. The van der Waals surface area contributed by atoms with Crippen LogP contribution in [0.3, 0.4) is 0 Å². The number of halogens is 3. The van der Waals surface area contributed by atoms with E-state index in [1.165, 1.54) is 18.2 Å². The molecule has 0 aliphatic carbocycles. The van der Waals surface area contributed by atoms with Gasteiger partial charge in [-0.05, 0) is 22.2 Å². The molecule has 6 nitrogen and oxygen atoms in total. The van der Waals surface area contributed by atoms with Crippen LogP contribution in [-0.4, -0.2) is 27.3 Å². The molecule has 0 amide bonds. The minimum Gasteiger partial charge on any atom is -0.305 e. The predicted molar refractivity (Wildman–Crippen MR) is 51.4 cm³/mol. The third-order valence-corrected chi connectivity index (χ3v) is 1.94. The minimum atomic E-state index is -5.22. The summed E-state index contributed by atoms with van der Waals surface area (Å²) in [6, 6.07) is 5.83. The quantitative estimate of drug-likeness (QED) is 0.689. The van der Waals surface area contributed by atoms with Gasteiger partial charge < -0.3 is 4.84 Å². The van der Waals surface area contributed by atoms with E-state index >= 15 is 0 Å². The van der Waals surface area contributed by atoms with Crippen molar-refractivity contribution in [2.24, 2.45) is 0 Å². The van der Waals surface area contributed by atoms with Crippen LogP contribution in [0.5, 0.6) is 0 Å². The third kappa shape index (κ3) is 2.14. The molecule has 18 heavy (non-hydrogen) atoms. The number of hydrogen-bond donors (Lipinski definition) is 0. The van der Waals surface area contributed by atoms with E-state index in [0.717, 1.165) is 0 Å². The second kappa shape index (κ2) is 4.09. The highest BCUT2D eigenvalue weighted by Gasteiger charge is 2.42. The highest BCUT2D eigenvalue weighted by Crippen LogP contribution is 2.14. The molecule has 0 atom stereocenters. The third-order valence-electron chi connectivity index (χ3n) is 1.94. The first-order valence-electron chi connectivity index (χ1n) is 4.54. The number of nitrogens with zero attached hydrogens (tertiary/aromatic N) is 3. The van der Waals surface area contributed by atoms with Crippen molar-refractivity contribution in [2.45, 2.75) is 6.18 Å². The zero-order valence-electron chi connectivity index (χ0n) is 8.51. The number of aromatic nitrogens is 3. The van der Waals surface area contributed by atoms with Crippen molar-refractivity contribution < 1.29 is 22.8 Å². The first kappa shape index (κ1) is 12.0. The molecule has 0 aliphatic heterocycles. The predicted octanol–water partition coefficient (Wildman–Crippen LogP) is 0.309. The van der Waals surface area contributed by atoms with Crippen molar-refractivity contribution in [3.05, 3.63) is 34.6 Å². The Labute approximate surface area is 96.5 Å². The molecule has 0 saturated heterocycles. The molecule has 9 heteroatoms. The van der Waals surface area contributed by atoms with Gasteiger partial charge in [-0.1, -0.05) is 12.1 Å². The first-order valence-corrected chi connectivity index (χ1v) is 4.54. The monoisotopic (exact) mass is 259 g/mol. The number of alkyl halides is 3. The van der Waals surface area contributed by atoms with Gasteiger partial charge in [0.15, 0.2) is 0 Å². The maximum atomic E-state index is 11.9. The fraction of sp³-hybridized carbons (Fsp3) is 0.111. The Hall–Kier alpha value is -2.45. The van der Waals surface area contributed by atoms with Gasteiger partial charge in [-0.3, -0.25) is 4.79 Å². The summed E-state index contributed by atoms with van der Waals surface area (Å²) in [5.74, 6) is -2.55. The summed E-state index contributed by atoms with van der Waals surface area (Å²) < 4.78 is 35.8. The van der Waals surface area contributed by atoms with Gasteiger partial charge in [0, 0.05) is 0 Å². The molecule has 0 unspecified atom stereocenters. The molecule has 0 aliphatic rings. The van der Waals surface area contributed by atoms with Crippen LogP contribution in [0.15, 0.2) is 29.1 Å². The molecule has 0 N–H and O–H groups in total. The average Bonchev–Trinajstić information content (AvgIpc) is 2.32. The van der Waals surface area contributed by atoms with E-state index in [-0.39, 0.29) is 15.7 Å². The molecule has 1 aromatic heterocycles. The normalized spacial score (nSPS) is 11.5. The molecule has 0 bridgehead atoms. The van der Waals surface area contributed by atoms with E-state index in [2.05, 4.69) is 15.1 Å². The van der Waals surface area contributed by atoms with E-state index < -0.39 is 17.7 Å².